The van der Waals surface area contributed by atoms with E-state index in [1.807, 2.05) is 36.4 Å². The number of para-hydroxylation sites is 1. The molecule has 0 amide bonds. The van der Waals surface area contributed by atoms with Crippen LogP contribution in [0.2, 0.25) is 0 Å². The summed E-state index contributed by atoms with van der Waals surface area (Å²) < 4.78 is 1.67. The van der Waals surface area contributed by atoms with Gasteiger partial charge >= 0.3 is 0 Å². The third kappa shape index (κ3) is 2.50. The summed E-state index contributed by atoms with van der Waals surface area (Å²) in [5.74, 6) is 0. The number of rotatable bonds is 3. The van der Waals surface area contributed by atoms with Crippen molar-refractivity contribution >= 4 is 11.8 Å². The highest BCUT2D eigenvalue weighted by Crippen LogP contribution is 2.24. The third-order valence-corrected chi connectivity index (χ3v) is 3.31. The van der Waals surface area contributed by atoms with Gasteiger partial charge in [0.1, 0.15) is 17.4 Å². The van der Waals surface area contributed by atoms with Crippen molar-refractivity contribution in [1.29, 1.82) is 5.26 Å². The highest BCUT2D eigenvalue weighted by atomic mass is 32.2. The van der Waals surface area contributed by atoms with E-state index in [0.29, 0.717) is 10.2 Å². The summed E-state index contributed by atoms with van der Waals surface area (Å²) in [6, 6.07) is 11.7. The van der Waals surface area contributed by atoms with Crippen LogP contribution in [0.25, 0.3) is 5.69 Å². The summed E-state index contributed by atoms with van der Waals surface area (Å²) >= 11 is 1.22. The standard InChI is InChI=1S/C13H8N6S/c14-8-11-12(16-7-6-15-11)20-13-17-9-19(18-13)10-4-2-1-3-5-10/h1-7,9H. The van der Waals surface area contributed by atoms with Crippen LogP contribution in [-0.2, 0) is 0 Å². The Morgan fingerprint density at radius 3 is 2.65 bits per heavy atom. The average Bonchev–Trinajstić information content (AvgIpc) is 2.97. The van der Waals surface area contributed by atoms with Gasteiger partial charge in [-0.15, -0.1) is 5.10 Å². The lowest BCUT2D eigenvalue weighted by molar-refractivity contribution is 0.833. The minimum atomic E-state index is 0.272. The maximum atomic E-state index is 8.97. The normalized spacial score (nSPS) is 10.2. The van der Waals surface area contributed by atoms with Gasteiger partial charge in [0, 0.05) is 12.4 Å². The van der Waals surface area contributed by atoms with E-state index in [-0.39, 0.29) is 5.69 Å². The maximum Gasteiger partial charge on any atom is 0.215 e. The van der Waals surface area contributed by atoms with Gasteiger partial charge in [-0.25, -0.2) is 19.6 Å². The zero-order valence-corrected chi connectivity index (χ0v) is 11.0. The Hall–Kier alpha value is -2.72. The number of hydrogen-bond acceptors (Lipinski definition) is 6. The van der Waals surface area contributed by atoms with Crippen LogP contribution in [0.4, 0.5) is 0 Å². The molecule has 0 fully saturated rings. The molecule has 0 spiro atoms. The Bertz CT molecular complexity index is 762. The first kappa shape index (κ1) is 12.3. The molecule has 0 saturated heterocycles. The van der Waals surface area contributed by atoms with E-state index in [1.54, 1.807) is 11.0 Å². The van der Waals surface area contributed by atoms with Crippen molar-refractivity contribution in [3.63, 3.8) is 0 Å². The monoisotopic (exact) mass is 280 g/mol. The lowest BCUT2D eigenvalue weighted by Crippen LogP contribution is -1.94. The molecule has 2 aromatic heterocycles. The second-order valence-electron chi connectivity index (χ2n) is 3.73. The van der Waals surface area contributed by atoms with E-state index in [1.165, 1.54) is 24.2 Å². The quantitative estimate of drug-likeness (QED) is 0.730. The Morgan fingerprint density at radius 2 is 1.85 bits per heavy atom. The van der Waals surface area contributed by atoms with Crippen LogP contribution in [0.15, 0.2) is 59.2 Å². The molecule has 7 heteroatoms. The lowest BCUT2D eigenvalue weighted by atomic mass is 10.3. The van der Waals surface area contributed by atoms with Crippen molar-refractivity contribution in [2.75, 3.05) is 0 Å². The second kappa shape index (κ2) is 5.50. The predicted octanol–water partition coefficient (Wildman–Crippen LogP) is 2.08. The fraction of sp³-hybridized carbons (Fsp3) is 0. The van der Waals surface area contributed by atoms with Crippen molar-refractivity contribution in [1.82, 2.24) is 24.7 Å². The Balaban J connectivity index is 1.87. The topological polar surface area (TPSA) is 80.3 Å². The third-order valence-electron chi connectivity index (χ3n) is 2.45. The molecule has 0 saturated carbocycles. The van der Waals surface area contributed by atoms with Crippen molar-refractivity contribution in [2.45, 2.75) is 10.2 Å². The second-order valence-corrected chi connectivity index (χ2v) is 4.69. The summed E-state index contributed by atoms with van der Waals surface area (Å²) in [6.07, 6.45) is 4.65. The molecule has 0 bridgehead atoms. The van der Waals surface area contributed by atoms with E-state index in [0.717, 1.165) is 5.69 Å². The molecular formula is C13H8N6S. The first-order valence-electron chi connectivity index (χ1n) is 5.73. The number of benzene rings is 1. The summed E-state index contributed by atoms with van der Waals surface area (Å²) in [6.45, 7) is 0. The van der Waals surface area contributed by atoms with Gasteiger partial charge < -0.3 is 0 Å². The number of nitriles is 1. The highest BCUT2D eigenvalue weighted by Gasteiger charge is 2.10. The zero-order chi connectivity index (χ0) is 13.8. The number of aromatic nitrogens is 5. The van der Waals surface area contributed by atoms with Crippen molar-refractivity contribution in [3.05, 3.63) is 54.7 Å². The Kier molecular flexibility index (Phi) is 3.39. The molecule has 2 heterocycles. The minimum absolute atomic E-state index is 0.272. The van der Waals surface area contributed by atoms with E-state index >= 15 is 0 Å². The first-order chi connectivity index (χ1) is 9.86. The summed E-state index contributed by atoms with van der Waals surface area (Å²) in [4.78, 5) is 12.3. The van der Waals surface area contributed by atoms with E-state index in [9.17, 15) is 0 Å². The van der Waals surface area contributed by atoms with Gasteiger partial charge in [-0.05, 0) is 23.9 Å². The largest absolute Gasteiger partial charge is 0.245 e. The van der Waals surface area contributed by atoms with Crippen LogP contribution in [0.5, 0.6) is 0 Å². The van der Waals surface area contributed by atoms with Gasteiger partial charge in [-0.1, -0.05) is 18.2 Å². The van der Waals surface area contributed by atoms with E-state index in [4.69, 9.17) is 5.26 Å². The summed E-state index contributed by atoms with van der Waals surface area (Å²) in [7, 11) is 0. The summed E-state index contributed by atoms with van der Waals surface area (Å²) in [5.41, 5.74) is 1.19. The highest BCUT2D eigenvalue weighted by molar-refractivity contribution is 7.99. The molecule has 0 atom stereocenters. The lowest BCUT2D eigenvalue weighted by Gasteiger charge is -1.98. The van der Waals surface area contributed by atoms with Gasteiger partial charge in [-0.3, -0.25) is 0 Å². The van der Waals surface area contributed by atoms with E-state index < -0.39 is 0 Å². The van der Waals surface area contributed by atoms with Gasteiger partial charge in [-0.2, -0.15) is 5.26 Å². The van der Waals surface area contributed by atoms with Crippen molar-refractivity contribution in [3.8, 4) is 11.8 Å². The molecule has 96 valence electrons. The smallest absolute Gasteiger partial charge is 0.215 e. The molecule has 1 aromatic carbocycles. The molecule has 0 aliphatic carbocycles. The van der Waals surface area contributed by atoms with Crippen molar-refractivity contribution in [2.24, 2.45) is 0 Å². The van der Waals surface area contributed by atoms with Crippen LogP contribution >= 0.6 is 11.8 Å². The molecule has 0 unspecified atom stereocenters. The molecular weight excluding hydrogens is 272 g/mol. The summed E-state index contributed by atoms with van der Waals surface area (Å²) in [5, 5.41) is 14.3. The van der Waals surface area contributed by atoms with Gasteiger partial charge in [0.05, 0.1) is 5.69 Å². The number of nitrogens with zero attached hydrogens (tertiary/aromatic N) is 6. The molecule has 0 aliphatic rings. The van der Waals surface area contributed by atoms with Gasteiger partial charge in [0.25, 0.3) is 0 Å². The molecule has 0 aliphatic heterocycles. The Labute approximate surface area is 119 Å². The van der Waals surface area contributed by atoms with Crippen LogP contribution in [0, 0.1) is 11.3 Å². The van der Waals surface area contributed by atoms with Crippen LogP contribution in [-0.4, -0.2) is 24.7 Å². The molecule has 3 aromatic rings. The molecule has 0 N–H and O–H groups in total. The fourth-order valence-corrected chi connectivity index (χ4v) is 2.27. The van der Waals surface area contributed by atoms with Gasteiger partial charge in [0.2, 0.25) is 5.16 Å². The van der Waals surface area contributed by atoms with Crippen LogP contribution in [0.3, 0.4) is 0 Å². The maximum absolute atomic E-state index is 8.97. The van der Waals surface area contributed by atoms with Gasteiger partial charge in [0.15, 0.2) is 5.69 Å². The Morgan fingerprint density at radius 1 is 1.05 bits per heavy atom. The number of hydrogen-bond donors (Lipinski definition) is 0. The average molecular weight is 280 g/mol. The van der Waals surface area contributed by atoms with Crippen LogP contribution < -0.4 is 0 Å². The van der Waals surface area contributed by atoms with Crippen molar-refractivity contribution < 1.29 is 0 Å². The predicted molar refractivity (Wildman–Crippen MR) is 72.2 cm³/mol. The fourth-order valence-electron chi connectivity index (χ4n) is 1.56. The molecule has 20 heavy (non-hydrogen) atoms. The zero-order valence-electron chi connectivity index (χ0n) is 10.2. The first-order valence-corrected chi connectivity index (χ1v) is 6.54. The van der Waals surface area contributed by atoms with E-state index in [2.05, 4.69) is 20.1 Å². The molecule has 3 rings (SSSR count). The molecule has 6 nitrogen and oxygen atoms in total. The molecule has 0 radical (unpaired) electrons. The van der Waals surface area contributed by atoms with Crippen LogP contribution in [0.1, 0.15) is 5.69 Å². The minimum Gasteiger partial charge on any atom is -0.245 e. The SMILES string of the molecule is N#Cc1nccnc1Sc1ncn(-c2ccccc2)n1.